The number of amides is 1. The van der Waals surface area contributed by atoms with E-state index in [1.165, 1.54) is 25.7 Å². The highest BCUT2D eigenvalue weighted by Gasteiger charge is 2.24. The number of carbonyl (C=O) groups is 1. The summed E-state index contributed by atoms with van der Waals surface area (Å²) < 4.78 is 11.5. The molecule has 148 valence electrons. The van der Waals surface area contributed by atoms with Crippen LogP contribution in [-0.4, -0.2) is 40.8 Å². The fourth-order valence-electron chi connectivity index (χ4n) is 3.77. The molecule has 1 amide bonds. The molecule has 1 aromatic heterocycles. The SMILES string of the molecule is CCN(Cc1cccc2c1OCCO2)C(=O)c1cccnc1SC1CCCC1. The van der Waals surface area contributed by atoms with Gasteiger partial charge in [-0.05, 0) is 38.0 Å². The van der Waals surface area contributed by atoms with Crippen molar-refractivity contribution in [2.75, 3.05) is 19.8 Å². The number of hydrogen-bond acceptors (Lipinski definition) is 5. The molecule has 0 saturated heterocycles. The smallest absolute Gasteiger partial charge is 0.256 e. The number of nitrogens with zero attached hydrogens (tertiary/aromatic N) is 2. The summed E-state index contributed by atoms with van der Waals surface area (Å²) in [6.07, 6.45) is 6.74. The number of para-hydroxylation sites is 1. The zero-order valence-electron chi connectivity index (χ0n) is 16.2. The third-order valence-electron chi connectivity index (χ3n) is 5.26. The molecule has 2 aromatic rings. The monoisotopic (exact) mass is 398 g/mol. The summed E-state index contributed by atoms with van der Waals surface area (Å²) in [5, 5.41) is 1.43. The van der Waals surface area contributed by atoms with E-state index in [-0.39, 0.29) is 5.91 Å². The van der Waals surface area contributed by atoms with Crippen LogP contribution < -0.4 is 9.47 Å². The second-order valence-corrected chi connectivity index (χ2v) is 8.43. The Kier molecular flexibility index (Phi) is 6.05. The number of carbonyl (C=O) groups excluding carboxylic acids is 1. The summed E-state index contributed by atoms with van der Waals surface area (Å²) in [5.41, 5.74) is 1.67. The molecular weight excluding hydrogens is 372 g/mol. The maximum Gasteiger partial charge on any atom is 0.256 e. The quantitative estimate of drug-likeness (QED) is 0.714. The molecule has 2 aliphatic rings. The lowest BCUT2D eigenvalue weighted by Gasteiger charge is -2.26. The number of fused-ring (bicyclic) bond motifs is 1. The number of ether oxygens (including phenoxy) is 2. The molecule has 6 heteroatoms. The first-order chi connectivity index (χ1) is 13.8. The summed E-state index contributed by atoms with van der Waals surface area (Å²) >= 11 is 1.76. The van der Waals surface area contributed by atoms with E-state index in [4.69, 9.17) is 9.47 Å². The van der Waals surface area contributed by atoms with E-state index < -0.39 is 0 Å². The molecule has 1 aromatic carbocycles. The number of benzene rings is 1. The lowest BCUT2D eigenvalue weighted by Crippen LogP contribution is -2.31. The average molecular weight is 399 g/mol. The highest BCUT2D eigenvalue weighted by Crippen LogP contribution is 2.37. The van der Waals surface area contributed by atoms with E-state index in [9.17, 15) is 4.79 Å². The van der Waals surface area contributed by atoms with Crippen molar-refractivity contribution in [2.45, 2.75) is 49.4 Å². The summed E-state index contributed by atoms with van der Waals surface area (Å²) in [7, 11) is 0. The Morgan fingerprint density at radius 2 is 2.00 bits per heavy atom. The van der Waals surface area contributed by atoms with Gasteiger partial charge in [-0.25, -0.2) is 4.98 Å². The minimum absolute atomic E-state index is 0.0189. The van der Waals surface area contributed by atoms with Crippen molar-refractivity contribution >= 4 is 17.7 Å². The molecule has 1 saturated carbocycles. The summed E-state index contributed by atoms with van der Waals surface area (Å²) in [5.74, 6) is 1.53. The Morgan fingerprint density at radius 3 is 2.82 bits per heavy atom. The number of thioether (sulfide) groups is 1. The standard InChI is InChI=1S/C22H26N2O3S/c1-2-24(15-16-7-5-11-19-20(16)27-14-13-26-19)22(25)18-10-6-12-23-21(18)28-17-8-3-4-9-17/h5-7,10-12,17H,2-4,8-9,13-15H2,1H3. The van der Waals surface area contributed by atoms with Gasteiger partial charge in [0.15, 0.2) is 11.5 Å². The van der Waals surface area contributed by atoms with Gasteiger partial charge in [0.05, 0.1) is 5.56 Å². The second kappa shape index (κ2) is 8.86. The highest BCUT2D eigenvalue weighted by atomic mass is 32.2. The fraction of sp³-hybridized carbons (Fsp3) is 0.455. The van der Waals surface area contributed by atoms with Crippen molar-refractivity contribution < 1.29 is 14.3 Å². The number of aromatic nitrogens is 1. The molecular formula is C22H26N2O3S. The average Bonchev–Trinajstić information content (AvgIpc) is 3.25. The Hall–Kier alpha value is -2.21. The van der Waals surface area contributed by atoms with E-state index in [2.05, 4.69) is 4.98 Å². The van der Waals surface area contributed by atoms with Crippen LogP contribution in [0.1, 0.15) is 48.5 Å². The molecule has 0 N–H and O–H groups in total. The van der Waals surface area contributed by atoms with Crippen molar-refractivity contribution in [1.82, 2.24) is 9.88 Å². The minimum Gasteiger partial charge on any atom is -0.486 e. The molecule has 0 bridgehead atoms. The predicted molar refractivity (Wildman–Crippen MR) is 110 cm³/mol. The van der Waals surface area contributed by atoms with Crippen LogP contribution in [0.5, 0.6) is 11.5 Å². The summed E-state index contributed by atoms with van der Waals surface area (Å²) in [6.45, 7) is 4.21. The van der Waals surface area contributed by atoms with Gasteiger partial charge in [-0.3, -0.25) is 4.79 Å². The van der Waals surface area contributed by atoms with Crippen molar-refractivity contribution in [2.24, 2.45) is 0 Å². The van der Waals surface area contributed by atoms with Crippen LogP contribution in [-0.2, 0) is 6.54 Å². The van der Waals surface area contributed by atoms with Crippen molar-refractivity contribution in [1.29, 1.82) is 0 Å². The molecule has 0 spiro atoms. The van der Waals surface area contributed by atoms with E-state index in [1.807, 2.05) is 42.2 Å². The first-order valence-corrected chi connectivity index (χ1v) is 10.9. The fourth-order valence-corrected chi connectivity index (χ4v) is 5.06. The Balaban J connectivity index is 1.55. The molecule has 0 radical (unpaired) electrons. The lowest BCUT2D eigenvalue weighted by molar-refractivity contribution is 0.0744. The normalized spacial score (nSPS) is 16.2. The molecule has 28 heavy (non-hydrogen) atoms. The highest BCUT2D eigenvalue weighted by molar-refractivity contribution is 7.99. The van der Waals surface area contributed by atoms with Gasteiger partial charge in [0.1, 0.15) is 18.2 Å². The van der Waals surface area contributed by atoms with Crippen LogP contribution in [0.2, 0.25) is 0 Å². The van der Waals surface area contributed by atoms with Gasteiger partial charge in [0.25, 0.3) is 5.91 Å². The van der Waals surface area contributed by atoms with Crippen molar-refractivity contribution in [3.63, 3.8) is 0 Å². The number of rotatable bonds is 6. The van der Waals surface area contributed by atoms with E-state index in [0.717, 1.165) is 22.1 Å². The largest absolute Gasteiger partial charge is 0.486 e. The molecule has 5 nitrogen and oxygen atoms in total. The van der Waals surface area contributed by atoms with Crippen molar-refractivity contribution in [3.8, 4) is 11.5 Å². The van der Waals surface area contributed by atoms with Crippen LogP contribution in [0, 0.1) is 0 Å². The topological polar surface area (TPSA) is 51.7 Å². The molecule has 0 unspecified atom stereocenters. The Bertz CT molecular complexity index is 836. The lowest BCUT2D eigenvalue weighted by atomic mass is 10.1. The summed E-state index contributed by atoms with van der Waals surface area (Å²) in [6, 6.07) is 9.61. The summed E-state index contributed by atoms with van der Waals surface area (Å²) in [4.78, 5) is 19.7. The predicted octanol–water partition coefficient (Wildman–Crippen LogP) is 4.55. The molecule has 4 rings (SSSR count). The van der Waals surface area contributed by atoms with Gasteiger partial charge in [-0.1, -0.05) is 25.0 Å². The molecule has 1 aliphatic carbocycles. The zero-order chi connectivity index (χ0) is 19.3. The molecule has 1 fully saturated rings. The van der Waals surface area contributed by atoms with Crippen LogP contribution in [0.25, 0.3) is 0 Å². The second-order valence-electron chi connectivity index (χ2n) is 7.14. The van der Waals surface area contributed by atoms with E-state index in [1.54, 1.807) is 18.0 Å². The third-order valence-corrected chi connectivity index (χ3v) is 6.61. The first-order valence-electron chi connectivity index (χ1n) is 10.0. The van der Waals surface area contributed by atoms with Gasteiger partial charge in [-0.2, -0.15) is 0 Å². The zero-order valence-corrected chi connectivity index (χ0v) is 17.0. The first kappa shape index (κ1) is 19.1. The third kappa shape index (κ3) is 4.12. The van der Waals surface area contributed by atoms with Crippen molar-refractivity contribution in [3.05, 3.63) is 47.7 Å². The van der Waals surface area contributed by atoms with Crippen LogP contribution in [0.15, 0.2) is 41.6 Å². The number of hydrogen-bond donors (Lipinski definition) is 0. The van der Waals surface area contributed by atoms with Gasteiger partial charge >= 0.3 is 0 Å². The minimum atomic E-state index is 0.0189. The van der Waals surface area contributed by atoms with E-state index >= 15 is 0 Å². The molecule has 0 atom stereocenters. The Morgan fingerprint density at radius 1 is 1.18 bits per heavy atom. The van der Waals surface area contributed by atoms with E-state index in [0.29, 0.717) is 37.1 Å². The maximum absolute atomic E-state index is 13.3. The maximum atomic E-state index is 13.3. The van der Waals surface area contributed by atoms with Gasteiger partial charge < -0.3 is 14.4 Å². The van der Waals surface area contributed by atoms with Crippen LogP contribution in [0.3, 0.4) is 0 Å². The molecule has 2 heterocycles. The van der Waals surface area contributed by atoms with Gasteiger partial charge in [0, 0.05) is 30.1 Å². The van der Waals surface area contributed by atoms with Gasteiger partial charge in [-0.15, -0.1) is 11.8 Å². The number of pyridine rings is 1. The van der Waals surface area contributed by atoms with Crippen LogP contribution in [0.4, 0.5) is 0 Å². The Labute approximate surface area is 170 Å². The van der Waals surface area contributed by atoms with Gasteiger partial charge in [0.2, 0.25) is 0 Å². The van der Waals surface area contributed by atoms with Crippen LogP contribution >= 0.6 is 11.8 Å². The molecule has 1 aliphatic heterocycles.